The van der Waals surface area contributed by atoms with Crippen molar-refractivity contribution in [2.24, 2.45) is 0 Å². The first-order valence-electron chi connectivity index (χ1n) is 13.7. The largest absolute Gasteiger partial charge is 0.455 e. The molecule has 0 aliphatic carbocycles. The van der Waals surface area contributed by atoms with Crippen molar-refractivity contribution in [3.63, 3.8) is 0 Å². The number of carbonyl (C=O) groups is 2. The Kier molecular flexibility index (Phi) is 7.99. The summed E-state index contributed by atoms with van der Waals surface area (Å²) < 4.78 is 44.8. The molecule has 1 N–H and O–H groups in total. The summed E-state index contributed by atoms with van der Waals surface area (Å²) in [5.74, 6) is -1.80. The number of alkyl halides is 3. The molecule has 5 rings (SSSR count). The molecule has 220 valence electrons. The van der Waals surface area contributed by atoms with Gasteiger partial charge in [-0.05, 0) is 77.6 Å². The Hall–Kier alpha value is -4.69. The van der Waals surface area contributed by atoms with Crippen LogP contribution >= 0.6 is 0 Å². The molecule has 4 aromatic carbocycles. The molecule has 0 bridgehead atoms. The molecular weight excluding hydrogens is 555 g/mol. The van der Waals surface area contributed by atoms with E-state index in [1.807, 2.05) is 73.7 Å². The van der Waals surface area contributed by atoms with Crippen LogP contribution in [0.1, 0.15) is 52.4 Å². The molecule has 0 spiro atoms. The number of hydrogen-bond donors (Lipinski definition) is 1. The Labute approximate surface area is 247 Å². The lowest BCUT2D eigenvalue weighted by Crippen LogP contribution is -2.30. The van der Waals surface area contributed by atoms with E-state index < -0.39 is 17.5 Å². The average molecular weight is 586 g/mol. The smallest absolute Gasteiger partial charge is 0.449 e. The SMILES string of the molecule is CC(=O)C(C)(O)c1cccc(-c2ccc(CN(Cc3ccc(C(F)(F)F)o3)C(=O)c3c(C)ccc4ccccc34)cc2)c1. The van der Waals surface area contributed by atoms with Crippen LogP contribution < -0.4 is 0 Å². The monoisotopic (exact) mass is 585 g/mol. The molecule has 1 amide bonds. The van der Waals surface area contributed by atoms with Crippen LogP contribution in [0.2, 0.25) is 0 Å². The van der Waals surface area contributed by atoms with E-state index in [4.69, 9.17) is 4.42 Å². The van der Waals surface area contributed by atoms with Crippen molar-refractivity contribution in [2.75, 3.05) is 0 Å². The van der Waals surface area contributed by atoms with Crippen molar-refractivity contribution in [1.29, 1.82) is 0 Å². The fraction of sp³-hybridized carbons (Fsp3) is 0.200. The number of carbonyl (C=O) groups excluding carboxylic acids is 2. The van der Waals surface area contributed by atoms with E-state index in [2.05, 4.69) is 0 Å². The topological polar surface area (TPSA) is 70.8 Å². The van der Waals surface area contributed by atoms with Gasteiger partial charge in [0.25, 0.3) is 5.91 Å². The second kappa shape index (κ2) is 11.5. The zero-order valence-electron chi connectivity index (χ0n) is 23.9. The Bertz CT molecular complexity index is 1800. The second-order valence-electron chi connectivity index (χ2n) is 10.8. The number of benzene rings is 4. The van der Waals surface area contributed by atoms with Crippen LogP contribution in [0.25, 0.3) is 21.9 Å². The molecule has 1 unspecified atom stereocenters. The van der Waals surface area contributed by atoms with Gasteiger partial charge in [-0.1, -0.05) is 78.9 Å². The molecule has 1 aromatic heterocycles. The Morgan fingerprint density at radius 2 is 1.56 bits per heavy atom. The lowest BCUT2D eigenvalue weighted by molar-refractivity contribution is -0.153. The number of fused-ring (bicyclic) bond motifs is 1. The van der Waals surface area contributed by atoms with E-state index >= 15 is 0 Å². The molecule has 43 heavy (non-hydrogen) atoms. The third kappa shape index (κ3) is 6.24. The van der Waals surface area contributed by atoms with E-state index in [0.717, 1.165) is 39.1 Å². The maximum Gasteiger partial charge on any atom is 0.449 e. The molecule has 0 saturated carbocycles. The van der Waals surface area contributed by atoms with Crippen LogP contribution in [0.4, 0.5) is 13.2 Å². The Morgan fingerprint density at radius 3 is 2.23 bits per heavy atom. The minimum Gasteiger partial charge on any atom is -0.455 e. The standard InChI is InChI=1S/C35H30F3NO4/c1-22-11-14-26-7-4-5-10-30(26)32(22)33(41)39(21-29-17-18-31(43-29)35(36,37)38)20-24-12-15-25(16-13-24)27-8-6-9-28(19-27)34(3,42)23(2)40/h4-19,42H,20-21H2,1-3H3. The summed E-state index contributed by atoms with van der Waals surface area (Å²) in [6, 6.07) is 27.8. The third-order valence-electron chi connectivity index (χ3n) is 7.70. The van der Waals surface area contributed by atoms with Gasteiger partial charge < -0.3 is 14.4 Å². The van der Waals surface area contributed by atoms with Crippen molar-refractivity contribution >= 4 is 22.5 Å². The van der Waals surface area contributed by atoms with Crippen LogP contribution in [0.15, 0.2) is 101 Å². The van der Waals surface area contributed by atoms with E-state index in [0.29, 0.717) is 11.1 Å². The lowest BCUT2D eigenvalue weighted by Gasteiger charge is -2.24. The molecule has 5 nitrogen and oxygen atoms in total. The van der Waals surface area contributed by atoms with Gasteiger partial charge in [-0.25, -0.2) is 0 Å². The Balaban J connectivity index is 1.48. The predicted molar refractivity (Wildman–Crippen MR) is 158 cm³/mol. The minimum atomic E-state index is -4.63. The molecule has 8 heteroatoms. The first-order chi connectivity index (χ1) is 20.3. The number of halogens is 3. The number of rotatable bonds is 8. The number of furan rings is 1. The van der Waals surface area contributed by atoms with Gasteiger partial charge in [0, 0.05) is 6.54 Å². The molecule has 5 aromatic rings. The Morgan fingerprint density at radius 1 is 0.837 bits per heavy atom. The number of Topliss-reactive ketones (excluding diaryl/α,β-unsaturated/α-hetero) is 1. The fourth-order valence-corrected chi connectivity index (χ4v) is 5.05. The predicted octanol–water partition coefficient (Wildman–Crippen LogP) is 8.07. The zero-order valence-corrected chi connectivity index (χ0v) is 23.9. The van der Waals surface area contributed by atoms with Crippen LogP contribution in [0.3, 0.4) is 0 Å². The van der Waals surface area contributed by atoms with Gasteiger partial charge >= 0.3 is 6.18 Å². The second-order valence-corrected chi connectivity index (χ2v) is 10.8. The number of aliphatic hydroxyl groups is 1. The molecule has 0 saturated heterocycles. The number of nitrogens with zero attached hydrogens (tertiary/aromatic N) is 1. The van der Waals surface area contributed by atoms with E-state index in [-0.39, 0.29) is 30.5 Å². The highest BCUT2D eigenvalue weighted by Gasteiger charge is 2.35. The quantitative estimate of drug-likeness (QED) is 0.200. The highest BCUT2D eigenvalue weighted by molar-refractivity contribution is 6.08. The van der Waals surface area contributed by atoms with Gasteiger partial charge in [0.05, 0.1) is 12.1 Å². The van der Waals surface area contributed by atoms with E-state index in [1.54, 1.807) is 18.2 Å². The number of ketones is 1. The zero-order chi connectivity index (χ0) is 30.9. The third-order valence-corrected chi connectivity index (χ3v) is 7.70. The number of amides is 1. The molecule has 0 aliphatic rings. The molecule has 0 fully saturated rings. The molecule has 0 aliphatic heterocycles. The normalized spacial score (nSPS) is 13.1. The summed E-state index contributed by atoms with van der Waals surface area (Å²) in [4.78, 5) is 27.5. The number of aryl methyl sites for hydroxylation is 1. The maximum atomic E-state index is 14.1. The first kappa shape index (κ1) is 29.8. The van der Waals surface area contributed by atoms with Crippen molar-refractivity contribution in [3.8, 4) is 11.1 Å². The molecule has 1 atom stereocenters. The first-order valence-corrected chi connectivity index (χ1v) is 13.7. The van der Waals surface area contributed by atoms with Crippen LogP contribution in [-0.4, -0.2) is 21.7 Å². The summed E-state index contributed by atoms with van der Waals surface area (Å²) in [5.41, 5.74) is 2.46. The summed E-state index contributed by atoms with van der Waals surface area (Å²) in [6.07, 6.45) is -4.63. The summed E-state index contributed by atoms with van der Waals surface area (Å²) in [5, 5.41) is 12.3. The van der Waals surface area contributed by atoms with Crippen LogP contribution in [-0.2, 0) is 29.7 Å². The summed E-state index contributed by atoms with van der Waals surface area (Å²) in [6.45, 7) is 4.57. The van der Waals surface area contributed by atoms with E-state index in [1.165, 1.54) is 24.8 Å². The molecule has 0 radical (unpaired) electrons. The van der Waals surface area contributed by atoms with Crippen molar-refractivity contribution < 1.29 is 32.3 Å². The minimum absolute atomic E-state index is 0.0181. The van der Waals surface area contributed by atoms with Gasteiger partial charge in [0.1, 0.15) is 11.4 Å². The highest BCUT2D eigenvalue weighted by Crippen LogP contribution is 2.32. The highest BCUT2D eigenvalue weighted by atomic mass is 19.4. The van der Waals surface area contributed by atoms with Gasteiger partial charge in [-0.2, -0.15) is 13.2 Å². The van der Waals surface area contributed by atoms with Gasteiger partial charge in [-0.15, -0.1) is 0 Å². The summed E-state index contributed by atoms with van der Waals surface area (Å²) in [7, 11) is 0. The van der Waals surface area contributed by atoms with E-state index in [9.17, 15) is 27.9 Å². The maximum absolute atomic E-state index is 14.1. The molecule has 1 heterocycles. The van der Waals surface area contributed by atoms with Crippen molar-refractivity contribution in [3.05, 3.63) is 131 Å². The van der Waals surface area contributed by atoms with Gasteiger partial charge in [0.15, 0.2) is 5.78 Å². The average Bonchev–Trinajstić information content (AvgIpc) is 3.46. The van der Waals surface area contributed by atoms with Crippen LogP contribution in [0, 0.1) is 6.92 Å². The number of hydrogen-bond acceptors (Lipinski definition) is 4. The van der Waals surface area contributed by atoms with Crippen molar-refractivity contribution in [1.82, 2.24) is 4.90 Å². The van der Waals surface area contributed by atoms with Crippen molar-refractivity contribution in [2.45, 2.75) is 45.6 Å². The fourth-order valence-electron chi connectivity index (χ4n) is 5.05. The van der Waals surface area contributed by atoms with Gasteiger partial charge in [-0.3, -0.25) is 9.59 Å². The van der Waals surface area contributed by atoms with Crippen LogP contribution in [0.5, 0.6) is 0 Å². The lowest BCUT2D eigenvalue weighted by atomic mass is 9.90. The summed E-state index contributed by atoms with van der Waals surface area (Å²) >= 11 is 0. The molecular formula is C35H30F3NO4. The van der Waals surface area contributed by atoms with Gasteiger partial charge in [0.2, 0.25) is 5.76 Å².